The number of thiazole rings is 1. The molecule has 2 aromatic rings. The number of aliphatic hydroxyl groups is 1. The highest BCUT2D eigenvalue weighted by atomic mass is 32.1. The highest BCUT2D eigenvalue weighted by Crippen LogP contribution is 2.35. The Balaban J connectivity index is 1.62. The Labute approximate surface area is 146 Å². The van der Waals surface area contributed by atoms with Crippen molar-refractivity contribution in [1.82, 2.24) is 9.88 Å². The molecule has 1 aromatic heterocycles. The molecule has 0 radical (unpaired) electrons. The number of aromatic nitrogens is 1. The monoisotopic (exact) mass is 345 g/mol. The molecule has 0 spiro atoms. The van der Waals surface area contributed by atoms with E-state index in [2.05, 4.69) is 15.2 Å². The number of anilines is 1. The average molecular weight is 345 g/mol. The van der Waals surface area contributed by atoms with Gasteiger partial charge in [-0.05, 0) is 37.8 Å². The summed E-state index contributed by atoms with van der Waals surface area (Å²) >= 11 is 1.41. The van der Waals surface area contributed by atoms with Gasteiger partial charge >= 0.3 is 0 Å². The summed E-state index contributed by atoms with van der Waals surface area (Å²) in [6.45, 7) is 5.32. The number of rotatable bonds is 4. The molecule has 0 aliphatic carbocycles. The van der Waals surface area contributed by atoms with Crippen LogP contribution in [0.25, 0.3) is 0 Å². The van der Waals surface area contributed by atoms with Gasteiger partial charge in [0.25, 0.3) is 0 Å². The van der Waals surface area contributed by atoms with E-state index in [4.69, 9.17) is 0 Å². The fourth-order valence-corrected chi connectivity index (χ4v) is 3.84. The zero-order valence-corrected chi connectivity index (χ0v) is 14.8. The largest absolute Gasteiger partial charge is 0.385 e. The van der Waals surface area contributed by atoms with Gasteiger partial charge in [0.15, 0.2) is 5.13 Å². The fourth-order valence-electron chi connectivity index (χ4n) is 3.31. The minimum atomic E-state index is -0.798. The molecular formula is C18H23N3O2S. The third-order valence-electron chi connectivity index (χ3n) is 4.86. The van der Waals surface area contributed by atoms with Crippen LogP contribution in [0.5, 0.6) is 0 Å². The molecule has 1 amide bonds. The van der Waals surface area contributed by atoms with E-state index in [-0.39, 0.29) is 11.9 Å². The summed E-state index contributed by atoms with van der Waals surface area (Å²) in [5, 5.41) is 16.3. The quantitative estimate of drug-likeness (QED) is 0.894. The van der Waals surface area contributed by atoms with E-state index in [0.717, 1.165) is 11.1 Å². The molecule has 3 rings (SSSR count). The Morgan fingerprint density at radius 1 is 1.38 bits per heavy atom. The minimum Gasteiger partial charge on any atom is -0.385 e. The zero-order chi connectivity index (χ0) is 17.2. The number of carbonyl (C=O) groups excluding carboxylic acids is 1. The Hall–Kier alpha value is -1.76. The molecule has 5 nitrogen and oxygen atoms in total. The van der Waals surface area contributed by atoms with Gasteiger partial charge in [-0.25, -0.2) is 4.98 Å². The van der Waals surface area contributed by atoms with Gasteiger partial charge in [-0.1, -0.05) is 24.3 Å². The van der Waals surface area contributed by atoms with Crippen LogP contribution in [0.1, 0.15) is 30.9 Å². The van der Waals surface area contributed by atoms with Gasteiger partial charge < -0.3 is 10.4 Å². The number of hydrogen-bond acceptors (Lipinski definition) is 5. The summed E-state index contributed by atoms with van der Waals surface area (Å²) in [4.78, 5) is 18.6. The smallest absolute Gasteiger partial charge is 0.243 e. The van der Waals surface area contributed by atoms with Crippen LogP contribution >= 0.6 is 11.3 Å². The van der Waals surface area contributed by atoms with E-state index >= 15 is 0 Å². The topological polar surface area (TPSA) is 65.5 Å². The Kier molecular flexibility index (Phi) is 4.99. The number of hydrogen-bond donors (Lipinski definition) is 2. The molecule has 0 bridgehead atoms. The normalized spacial score (nSPS) is 19.0. The maximum Gasteiger partial charge on any atom is 0.243 e. The zero-order valence-electron chi connectivity index (χ0n) is 14.0. The summed E-state index contributed by atoms with van der Waals surface area (Å²) < 4.78 is 0. The predicted molar refractivity (Wildman–Crippen MR) is 96.1 cm³/mol. The molecule has 128 valence electrons. The van der Waals surface area contributed by atoms with Crippen molar-refractivity contribution >= 4 is 22.4 Å². The third kappa shape index (κ3) is 3.50. The van der Waals surface area contributed by atoms with Crippen molar-refractivity contribution in [3.8, 4) is 0 Å². The van der Waals surface area contributed by atoms with Crippen LogP contribution in [0, 0.1) is 6.92 Å². The molecular weight excluding hydrogens is 322 g/mol. The van der Waals surface area contributed by atoms with Crippen molar-refractivity contribution in [2.24, 2.45) is 0 Å². The van der Waals surface area contributed by atoms with Gasteiger partial charge in [-0.2, -0.15) is 0 Å². The Morgan fingerprint density at radius 3 is 2.71 bits per heavy atom. The number of benzene rings is 1. The first-order valence-electron chi connectivity index (χ1n) is 8.22. The molecule has 1 aliphatic heterocycles. The van der Waals surface area contributed by atoms with Gasteiger partial charge in [0.2, 0.25) is 5.91 Å². The second-order valence-electron chi connectivity index (χ2n) is 6.38. The summed E-state index contributed by atoms with van der Waals surface area (Å²) in [7, 11) is 0. The lowest BCUT2D eigenvalue weighted by Gasteiger charge is -2.41. The molecule has 1 unspecified atom stereocenters. The van der Waals surface area contributed by atoms with Gasteiger partial charge in [0.05, 0.1) is 11.6 Å². The molecule has 1 saturated heterocycles. The average Bonchev–Trinajstić information content (AvgIpc) is 3.08. The van der Waals surface area contributed by atoms with Crippen LogP contribution in [0.4, 0.5) is 5.13 Å². The molecule has 1 aliphatic rings. The number of likely N-dealkylation sites (tertiary alicyclic amines) is 1. The molecule has 24 heavy (non-hydrogen) atoms. The lowest BCUT2D eigenvalue weighted by atomic mass is 9.82. The van der Waals surface area contributed by atoms with E-state index in [9.17, 15) is 9.90 Å². The predicted octanol–water partition coefficient (Wildman–Crippen LogP) is 2.76. The number of piperidine rings is 1. The molecule has 0 saturated carbocycles. The number of nitrogens with zero attached hydrogens (tertiary/aromatic N) is 2. The number of carbonyl (C=O) groups is 1. The first-order chi connectivity index (χ1) is 11.5. The third-order valence-corrected chi connectivity index (χ3v) is 5.55. The summed E-state index contributed by atoms with van der Waals surface area (Å²) in [6.07, 6.45) is 2.94. The lowest BCUT2D eigenvalue weighted by Crippen LogP contribution is -2.50. The first-order valence-corrected chi connectivity index (χ1v) is 9.10. The van der Waals surface area contributed by atoms with Crippen LogP contribution in [0.2, 0.25) is 0 Å². The maximum absolute atomic E-state index is 12.3. The van der Waals surface area contributed by atoms with Crippen LogP contribution < -0.4 is 5.32 Å². The number of aryl methyl sites for hydroxylation is 1. The van der Waals surface area contributed by atoms with Crippen molar-refractivity contribution in [2.45, 2.75) is 38.3 Å². The highest BCUT2D eigenvalue weighted by molar-refractivity contribution is 7.13. The van der Waals surface area contributed by atoms with E-state index in [1.165, 1.54) is 11.3 Å². The van der Waals surface area contributed by atoms with Gasteiger partial charge in [-0.3, -0.25) is 9.69 Å². The van der Waals surface area contributed by atoms with Crippen molar-refractivity contribution in [3.63, 3.8) is 0 Å². The summed E-state index contributed by atoms with van der Waals surface area (Å²) in [6, 6.07) is 7.75. The molecule has 6 heteroatoms. The number of nitrogens with one attached hydrogen (secondary N) is 1. The first kappa shape index (κ1) is 17.1. The number of amides is 1. The fraction of sp³-hybridized carbons (Fsp3) is 0.444. The van der Waals surface area contributed by atoms with E-state index in [0.29, 0.717) is 31.1 Å². The molecule has 1 aromatic carbocycles. The Bertz CT molecular complexity index is 694. The van der Waals surface area contributed by atoms with Gasteiger partial charge in [0.1, 0.15) is 0 Å². The van der Waals surface area contributed by atoms with Crippen LogP contribution in [-0.4, -0.2) is 40.0 Å². The minimum absolute atomic E-state index is 0.0497. The van der Waals surface area contributed by atoms with Crippen molar-refractivity contribution in [3.05, 3.63) is 47.0 Å². The SMILES string of the molecule is Cc1ccccc1C1(O)CCN(C(C)C(=O)Nc2nccs2)CC1. The van der Waals surface area contributed by atoms with Crippen molar-refractivity contribution < 1.29 is 9.90 Å². The molecule has 2 heterocycles. The van der Waals surface area contributed by atoms with Crippen LogP contribution in [0.15, 0.2) is 35.8 Å². The molecule has 1 fully saturated rings. The van der Waals surface area contributed by atoms with E-state index < -0.39 is 5.60 Å². The maximum atomic E-state index is 12.3. The molecule has 2 N–H and O–H groups in total. The summed E-state index contributed by atoms with van der Waals surface area (Å²) in [5.74, 6) is -0.0497. The second-order valence-corrected chi connectivity index (χ2v) is 7.28. The Morgan fingerprint density at radius 2 is 2.08 bits per heavy atom. The van der Waals surface area contributed by atoms with E-state index in [1.54, 1.807) is 6.20 Å². The highest BCUT2D eigenvalue weighted by Gasteiger charge is 2.37. The van der Waals surface area contributed by atoms with Crippen LogP contribution in [-0.2, 0) is 10.4 Å². The van der Waals surface area contributed by atoms with Crippen molar-refractivity contribution in [1.29, 1.82) is 0 Å². The van der Waals surface area contributed by atoms with E-state index in [1.807, 2.05) is 43.5 Å². The van der Waals surface area contributed by atoms with Crippen LogP contribution in [0.3, 0.4) is 0 Å². The standard InChI is InChI=1S/C18H23N3O2S/c1-13-5-3-4-6-15(13)18(23)7-10-21(11-8-18)14(2)16(22)20-17-19-9-12-24-17/h3-6,9,12,14,23H,7-8,10-11H2,1-2H3,(H,19,20,22). The molecule has 1 atom stereocenters. The lowest BCUT2D eigenvalue weighted by molar-refractivity contribution is -0.123. The second kappa shape index (κ2) is 7.01. The summed E-state index contributed by atoms with van der Waals surface area (Å²) in [5.41, 5.74) is 1.32. The van der Waals surface area contributed by atoms with Gasteiger partial charge in [-0.15, -0.1) is 11.3 Å². The van der Waals surface area contributed by atoms with Crippen molar-refractivity contribution in [2.75, 3.05) is 18.4 Å². The van der Waals surface area contributed by atoms with Gasteiger partial charge in [0, 0.05) is 24.7 Å².